The summed E-state index contributed by atoms with van der Waals surface area (Å²) in [5.74, 6) is 0. The second-order valence-electron chi connectivity index (χ2n) is 3.78. The van der Waals surface area contributed by atoms with Gasteiger partial charge in [0.1, 0.15) is 4.99 Å². The van der Waals surface area contributed by atoms with Crippen LogP contribution < -0.4 is 11.1 Å². The molecule has 0 aliphatic rings. The molecule has 3 nitrogen and oxygen atoms in total. The van der Waals surface area contributed by atoms with E-state index in [1.165, 1.54) is 0 Å². The minimum Gasteiger partial charge on any atom is -0.389 e. The van der Waals surface area contributed by atoms with Gasteiger partial charge >= 0.3 is 6.18 Å². The number of nitrogens with one attached hydrogen (secondary N) is 1. The molecule has 3 N–H and O–H groups in total. The van der Waals surface area contributed by atoms with E-state index in [0.717, 1.165) is 0 Å². The summed E-state index contributed by atoms with van der Waals surface area (Å²) >= 11 is 4.86. The number of pyridine rings is 1. The van der Waals surface area contributed by atoms with Crippen LogP contribution in [0.3, 0.4) is 0 Å². The molecule has 1 heterocycles. The molecule has 18 heavy (non-hydrogen) atoms. The van der Waals surface area contributed by atoms with E-state index in [2.05, 4.69) is 10.3 Å². The molecule has 1 aromatic rings. The van der Waals surface area contributed by atoms with Gasteiger partial charge in [0, 0.05) is 24.7 Å². The average Bonchev–Trinajstić information content (AvgIpc) is 2.27. The SMILES string of the molecule is NC(=S)c1ccncc1NCCCCC(F)(F)F. The highest BCUT2D eigenvalue weighted by Gasteiger charge is 2.25. The molecule has 0 aliphatic carbocycles. The highest BCUT2D eigenvalue weighted by atomic mass is 32.1. The van der Waals surface area contributed by atoms with Crippen LogP contribution in [0.25, 0.3) is 0 Å². The molecular formula is C11H14F3N3S. The molecule has 1 rings (SSSR count). The first-order valence-corrected chi connectivity index (χ1v) is 5.85. The Morgan fingerprint density at radius 2 is 2.11 bits per heavy atom. The second kappa shape index (κ2) is 6.53. The monoisotopic (exact) mass is 277 g/mol. The predicted molar refractivity (Wildman–Crippen MR) is 68.5 cm³/mol. The summed E-state index contributed by atoms with van der Waals surface area (Å²) in [5.41, 5.74) is 6.82. The van der Waals surface area contributed by atoms with Gasteiger partial charge in [-0.15, -0.1) is 0 Å². The second-order valence-corrected chi connectivity index (χ2v) is 4.22. The predicted octanol–water partition coefficient (Wildman–Crippen LogP) is 2.86. The Hall–Kier alpha value is -1.37. The highest BCUT2D eigenvalue weighted by molar-refractivity contribution is 7.80. The smallest absolute Gasteiger partial charge is 0.389 e. The maximum atomic E-state index is 11.9. The third-order valence-corrected chi connectivity index (χ3v) is 2.51. The lowest BCUT2D eigenvalue weighted by Gasteiger charge is -2.10. The zero-order valence-electron chi connectivity index (χ0n) is 9.63. The van der Waals surface area contributed by atoms with E-state index < -0.39 is 12.6 Å². The molecule has 0 amide bonds. The van der Waals surface area contributed by atoms with Gasteiger partial charge in [0.05, 0.1) is 11.9 Å². The van der Waals surface area contributed by atoms with Crippen molar-refractivity contribution in [2.75, 3.05) is 11.9 Å². The van der Waals surface area contributed by atoms with E-state index in [9.17, 15) is 13.2 Å². The molecule has 0 unspecified atom stereocenters. The third-order valence-electron chi connectivity index (χ3n) is 2.29. The summed E-state index contributed by atoms with van der Waals surface area (Å²) in [4.78, 5) is 4.14. The lowest BCUT2D eigenvalue weighted by atomic mass is 10.2. The number of anilines is 1. The average molecular weight is 277 g/mol. The van der Waals surface area contributed by atoms with Crippen molar-refractivity contribution in [3.8, 4) is 0 Å². The molecule has 0 fully saturated rings. The first kappa shape index (κ1) is 14.7. The first-order valence-electron chi connectivity index (χ1n) is 5.44. The Kier molecular flexibility index (Phi) is 5.33. The number of nitrogens with two attached hydrogens (primary N) is 1. The summed E-state index contributed by atoms with van der Waals surface area (Å²) in [6.45, 7) is 0.428. The number of thiocarbonyl (C=S) groups is 1. The number of hydrogen-bond donors (Lipinski definition) is 2. The van der Waals surface area contributed by atoms with Crippen LogP contribution in [0, 0.1) is 0 Å². The largest absolute Gasteiger partial charge is 0.389 e. The van der Waals surface area contributed by atoms with Crippen LogP contribution in [0.15, 0.2) is 18.5 Å². The molecule has 0 aliphatic heterocycles. The number of alkyl halides is 3. The van der Waals surface area contributed by atoms with Gasteiger partial charge in [-0.05, 0) is 18.9 Å². The number of unbranched alkanes of at least 4 members (excludes halogenated alkanes) is 1. The Morgan fingerprint density at radius 1 is 1.39 bits per heavy atom. The molecule has 0 saturated heterocycles. The summed E-state index contributed by atoms with van der Waals surface area (Å²) < 4.78 is 35.7. The quantitative estimate of drug-likeness (QED) is 0.620. The van der Waals surface area contributed by atoms with Crippen LogP contribution >= 0.6 is 12.2 Å². The molecule has 7 heteroatoms. The van der Waals surface area contributed by atoms with Gasteiger partial charge in [-0.25, -0.2) is 0 Å². The van der Waals surface area contributed by atoms with Crippen molar-refractivity contribution in [2.24, 2.45) is 5.73 Å². The summed E-state index contributed by atoms with van der Waals surface area (Å²) in [6.07, 6.45) is -1.21. The van der Waals surface area contributed by atoms with Crippen molar-refractivity contribution in [3.05, 3.63) is 24.0 Å². The molecule has 100 valence electrons. The van der Waals surface area contributed by atoms with Crippen LogP contribution in [0.5, 0.6) is 0 Å². The van der Waals surface area contributed by atoms with Crippen LogP contribution in [-0.4, -0.2) is 22.7 Å². The van der Waals surface area contributed by atoms with Gasteiger partial charge in [-0.1, -0.05) is 12.2 Å². The Labute approximate surface area is 109 Å². The summed E-state index contributed by atoms with van der Waals surface area (Å²) in [5, 5.41) is 2.98. The zero-order chi connectivity index (χ0) is 13.6. The van der Waals surface area contributed by atoms with E-state index in [-0.39, 0.29) is 11.4 Å². The molecule has 0 saturated carbocycles. The van der Waals surface area contributed by atoms with Gasteiger partial charge in [-0.2, -0.15) is 13.2 Å². The fraction of sp³-hybridized carbons (Fsp3) is 0.455. The lowest BCUT2D eigenvalue weighted by Crippen LogP contribution is -2.14. The van der Waals surface area contributed by atoms with E-state index in [1.54, 1.807) is 18.5 Å². The molecule has 0 radical (unpaired) electrons. The van der Waals surface area contributed by atoms with Crippen molar-refractivity contribution in [3.63, 3.8) is 0 Å². The molecular weight excluding hydrogens is 263 g/mol. The van der Waals surface area contributed by atoms with Crippen molar-refractivity contribution >= 4 is 22.9 Å². The first-order chi connectivity index (χ1) is 8.40. The van der Waals surface area contributed by atoms with Gasteiger partial charge in [0.2, 0.25) is 0 Å². The minimum absolute atomic E-state index is 0.0964. The Morgan fingerprint density at radius 3 is 2.72 bits per heavy atom. The highest BCUT2D eigenvalue weighted by Crippen LogP contribution is 2.22. The molecule has 0 bridgehead atoms. The third kappa shape index (κ3) is 5.31. The standard InChI is InChI=1S/C11H14F3N3S/c12-11(13,14)4-1-2-5-17-9-7-16-6-3-8(9)10(15)18/h3,6-7,17H,1-2,4-5H2,(H2,15,18). The van der Waals surface area contributed by atoms with Crippen LogP contribution in [0.1, 0.15) is 24.8 Å². The number of halogens is 3. The van der Waals surface area contributed by atoms with Crippen molar-refractivity contribution < 1.29 is 13.2 Å². The molecule has 0 atom stereocenters. The van der Waals surface area contributed by atoms with Crippen molar-refractivity contribution in [2.45, 2.75) is 25.4 Å². The summed E-state index contributed by atoms with van der Waals surface area (Å²) in [7, 11) is 0. The maximum Gasteiger partial charge on any atom is 0.389 e. The van der Waals surface area contributed by atoms with Crippen molar-refractivity contribution in [1.29, 1.82) is 0 Å². The maximum absolute atomic E-state index is 11.9. The number of nitrogens with zero attached hydrogens (tertiary/aromatic N) is 1. The van der Waals surface area contributed by atoms with Gasteiger partial charge < -0.3 is 11.1 Å². The Bertz CT molecular complexity index is 407. The van der Waals surface area contributed by atoms with Crippen LogP contribution in [0.2, 0.25) is 0 Å². The van der Waals surface area contributed by atoms with Crippen molar-refractivity contribution in [1.82, 2.24) is 4.98 Å². The van der Waals surface area contributed by atoms with Crippen LogP contribution in [-0.2, 0) is 0 Å². The Balaban J connectivity index is 2.38. The zero-order valence-corrected chi connectivity index (χ0v) is 10.4. The van der Waals surface area contributed by atoms with E-state index >= 15 is 0 Å². The fourth-order valence-electron chi connectivity index (χ4n) is 1.42. The topological polar surface area (TPSA) is 50.9 Å². The lowest BCUT2D eigenvalue weighted by molar-refractivity contribution is -0.135. The fourth-order valence-corrected chi connectivity index (χ4v) is 1.60. The minimum atomic E-state index is -4.09. The normalized spacial score (nSPS) is 11.3. The number of rotatable bonds is 6. The molecule has 0 spiro atoms. The molecule has 0 aromatic carbocycles. The number of aromatic nitrogens is 1. The van der Waals surface area contributed by atoms with E-state index in [4.69, 9.17) is 18.0 Å². The summed E-state index contributed by atoms with van der Waals surface area (Å²) in [6, 6.07) is 1.67. The van der Waals surface area contributed by atoms with Gasteiger partial charge in [0.15, 0.2) is 0 Å². The van der Waals surface area contributed by atoms with Crippen LogP contribution in [0.4, 0.5) is 18.9 Å². The van der Waals surface area contributed by atoms with Gasteiger partial charge in [-0.3, -0.25) is 4.98 Å². The van der Waals surface area contributed by atoms with E-state index in [0.29, 0.717) is 24.2 Å². The molecule has 1 aromatic heterocycles. The van der Waals surface area contributed by atoms with Gasteiger partial charge in [0.25, 0.3) is 0 Å². The van der Waals surface area contributed by atoms with E-state index in [1.807, 2.05) is 0 Å². The number of hydrogen-bond acceptors (Lipinski definition) is 3.